The number of carbonyl (C=O) groups excluding carboxylic acids is 1. The average Bonchev–Trinajstić information content (AvgIpc) is 2.98. The molecule has 0 bridgehead atoms. The second-order valence-electron chi connectivity index (χ2n) is 7.31. The number of aromatic nitrogens is 1. The quantitative estimate of drug-likeness (QED) is 0.651. The first kappa shape index (κ1) is 21.4. The summed E-state index contributed by atoms with van der Waals surface area (Å²) in [5, 5.41) is 4.34. The maximum Gasteiger partial charge on any atom is 0.266 e. The molecule has 1 saturated heterocycles. The van der Waals surface area contributed by atoms with Gasteiger partial charge < -0.3 is 4.74 Å². The lowest BCUT2D eigenvalue weighted by Crippen LogP contribution is -2.32. The highest BCUT2D eigenvalue weighted by molar-refractivity contribution is 7.15. The van der Waals surface area contributed by atoms with E-state index >= 15 is 0 Å². The predicted octanol–water partition coefficient (Wildman–Crippen LogP) is 5.40. The minimum atomic E-state index is -0.713. The van der Waals surface area contributed by atoms with Crippen LogP contribution in [0.1, 0.15) is 37.3 Å². The van der Waals surface area contributed by atoms with E-state index in [2.05, 4.69) is 22.1 Å². The third-order valence-corrected chi connectivity index (χ3v) is 6.52. The highest BCUT2D eigenvalue weighted by Gasteiger charge is 2.21. The lowest BCUT2D eigenvalue weighted by atomic mass is 9.99. The number of nitrogens with zero attached hydrogens (tertiary/aromatic N) is 2. The summed E-state index contributed by atoms with van der Waals surface area (Å²) < 4.78 is 5.67. The van der Waals surface area contributed by atoms with Gasteiger partial charge in [-0.1, -0.05) is 30.1 Å². The molecule has 0 aliphatic carbocycles. The third kappa shape index (κ3) is 5.60. The number of hydrogen-bond acceptors (Lipinski definition) is 5. The van der Waals surface area contributed by atoms with Crippen LogP contribution in [-0.2, 0) is 11.3 Å². The number of ether oxygens (including phenoxy) is 1. The van der Waals surface area contributed by atoms with Crippen LogP contribution < -0.4 is 10.1 Å². The Labute approximate surface area is 180 Å². The van der Waals surface area contributed by atoms with Crippen molar-refractivity contribution in [1.29, 1.82) is 0 Å². The van der Waals surface area contributed by atoms with Gasteiger partial charge in [0.2, 0.25) is 0 Å². The average molecular weight is 442 g/mol. The van der Waals surface area contributed by atoms with Gasteiger partial charge in [-0.25, -0.2) is 4.98 Å². The van der Waals surface area contributed by atoms with Gasteiger partial charge in [-0.15, -0.1) is 11.3 Å². The first-order valence-corrected chi connectivity index (χ1v) is 11.0. The summed E-state index contributed by atoms with van der Waals surface area (Å²) >= 11 is 13.5. The molecule has 1 aliphatic heterocycles. The highest BCUT2D eigenvalue weighted by Crippen LogP contribution is 2.29. The number of thiazole rings is 1. The van der Waals surface area contributed by atoms with Crippen molar-refractivity contribution in [2.45, 2.75) is 46.3 Å². The van der Waals surface area contributed by atoms with Gasteiger partial charge in [-0.05, 0) is 63.9 Å². The van der Waals surface area contributed by atoms with Crippen LogP contribution in [0.25, 0.3) is 0 Å². The fraction of sp³-hybridized carbons (Fsp3) is 0.500. The fourth-order valence-corrected chi connectivity index (χ4v) is 4.53. The van der Waals surface area contributed by atoms with Crippen LogP contribution in [0, 0.1) is 12.8 Å². The number of nitrogens with one attached hydrogen (secondary N) is 1. The number of likely N-dealkylation sites (tertiary alicyclic amines) is 1. The van der Waals surface area contributed by atoms with Crippen molar-refractivity contribution >= 4 is 45.6 Å². The van der Waals surface area contributed by atoms with Crippen LogP contribution in [0.15, 0.2) is 18.2 Å². The molecular weight excluding hydrogens is 417 g/mol. The molecule has 28 heavy (non-hydrogen) atoms. The Morgan fingerprint density at radius 1 is 1.39 bits per heavy atom. The minimum absolute atomic E-state index is 0.266. The molecule has 8 heteroatoms. The minimum Gasteiger partial charge on any atom is -0.479 e. The summed E-state index contributed by atoms with van der Waals surface area (Å²) in [7, 11) is 0. The van der Waals surface area contributed by atoms with Crippen LogP contribution >= 0.6 is 34.5 Å². The van der Waals surface area contributed by atoms with Gasteiger partial charge in [-0.3, -0.25) is 15.0 Å². The van der Waals surface area contributed by atoms with Crippen LogP contribution in [0.3, 0.4) is 0 Å². The van der Waals surface area contributed by atoms with E-state index < -0.39 is 6.10 Å². The zero-order valence-electron chi connectivity index (χ0n) is 16.3. The second-order valence-corrected chi connectivity index (χ2v) is 9.24. The molecule has 1 aromatic carbocycles. The van der Waals surface area contributed by atoms with Crippen LogP contribution in [-0.4, -0.2) is 35.0 Å². The molecule has 1 fully saturated rings. The molecule has 152 valence electrons. The van der Waals surface area contributed by atoms with E-state index in [4.69, 9.17) is 27.9 Å². The Morgan fingerprint density at radius 2 is 2.11 bits per heavy atom. The van der Waals surface area contributed by atoms with Gasteiger partial charge in [0.1, 0.15) is 5.75 Å². The number of benzene rings is 1. The monoisotopic (exact) mass is 441 g/mol. The van der Waals surface area contributed by atoms with Crippen LogP contribution in [0.5, 0.6) is 5.75 Å². The van der Waals surface area contributed by atoms with Crippen molar-refractivity contribution in [3.05, 3.63) is 38.8 Å². The first-order valence-electron chi connectivity index (χ1n) is 9.43. The lowest BCUT2D eigenvalue weighted by molar-refractivity contribution is -0.122. The van der Waals surface area contributed by atoms with Crippen molar-refractivity contribution in [3.8, 4) is 5.75 Å². The van der Waals surface area contributed by atoms with Crippen LogP contribution in [0.4, 0.5) is 5.13 Å². The highest BCUT2D eigenvalue weighted by atomic mass is 35.5. The number of amides is 1. The molecular formula is C20H25Cl2N3O2S. The number of carbonyl (C=O) groups is 1. The summed E-state index contributed by atoms with van der Waals surface area (Å²) in [6.45, 7) is 9.10. The van der Waals surface area contributed by atoms with Crippen molar-refractivity contribution < 1.29 is 9.53 Å². The van der Waals surface area contributed by atoms with E-state index in [1.54, 1.807) is 25.1 Å². The first-order chi connectivity index (χ1) is 13.3. The fourth-order valence-electron chi connectivity index (χ4n) is 3.07. The molecule has 0 radical (unpaired) electrons. The Bertz CT molecular complexity index is 835. The van der Waals surface area contributed by atoms with Crippen LogP contribution in [0.2, 0.25) is 10.0 Å². The van der Waals surface area contributed by atoms with E-state index in [1.807, 2.05) is 6.92 Å². The van der Waals surface area contributed by atoms with Gasteiger partial charge in [0, 0.05) is 16.4 Å². The van der Waals surface area contributed by atoms with Crippen molar-refractivity contribution in [2.75, 3.05) is 18.4 Å². The summed E-state index contributed by atoms with van der Waals surface area (Å²) in [4.78, 5) is 20.7. The molecule has 1 atom stereocenters. The van der Waals surface area contributed by atoms with Gasteiger partial charge >= 0.3 is 0 Å². The van der Waals surface area contributed by atoms with E-state index in [1.165, 1.54) is 29.1 Å². The lowest BCUT2D eigenvalue weighted by Gasteiger charge is -2.29. The van der Waals surface area contributed by atoms with Gasteiger partial charge in [0.05, 0.1) is 10.7 Å². The van der Waals surface area contributed by atoms with Gasteiger partial charge in [-0.2, -0.15) is 0 Å². The number of rotatable bonds is 6. The maximum atomic E-state index is 12.5. The van der Waals surface area contributed by atoms with Crippen molar-refractivity contribution in [3.63, 3.8) is 0 Å². The molecule has 0 saturated carbocycles. The Hall–Kier alpha value is -1.34. The predicted molar refractivity (Wildman–Crippen MR) is 116 cm³/mol. The molecule has 5 nitrogen and oxygen atoms in total. The molecule has 2 heterocycles. The smallest absolute Gasteiger partial charge is 0.266 e. The molecule has 1 aliphatic rings. The molecule has 1 aromatic heterocycles. The maximum absolute atomic E-state index is 12.5. The number of aryl methyl sites for hydroxylation is 1. The molecule has 1 N–H and O–H groups in total. The number of anilines is 1. The summed E-state index contributed by atoms with van der Waals surface area (Å²) in [6.07, 6.45) is 1.77. The van der Waals surface area contributed by atoms with E-state index in [0.717, 1.165) is 31.2 Å². The Balaban J connectivity index is 1.57. The zero-order valence-corrected chi connectivity index (χ0v) is 18.6. The van der Waals surface area contributed by atoms with E-state index in [0.29, 0.717) is 20.9 Å². The molecule has 1 unspecified atom stereocenters. The number of hydrogen-bond donors (Lipinski definition) is 1. The molecule has 2 aromatic rings. The summed E-state index contributed by atoms with van der Waals surface area (Å²) in [5.41, 5.74) is 0.966. The number of halogens is 2. The molecule has 0 spiro atoms. The largest absolute Gasteiger partial charge is 0.479 e. The van der Waals surface area contributed by atoms with Crippen molar-refractivity contribution in [1.82, 2.24) is 9.88 Å². The zero-order chi connectivity index (χ0) is 20.3. The second kappa shape index (κ2) is 9.44. The van der Waals surface area contributed by atoms with E-state index in [-0.39, 0.29) is 5.91 Å². The Morgan fingerprint density at radius 3 is 2.79 bits per heavy atom. The molecule has 1 amide bonds. The van der Waals surface area contributed by atoms with E-state index in [9.17, 15) is 4.79 Å². The third-order valence-electron chi connectivity index (χ3n) is 4.93. The van der Waals surface area contributed by atoms with Gasteiger partial charge in [0.25, 0.3) is 5.91 Å². The van der Waals surface area contributed by atoms with Gasteiger partial charge in [0.15, 0.2) is 11.2 Å². The summed E-state index contributed by atoms with van der Waals surface area (Å²) in [5.74, 6) is 0.964. The number of piperidine rings is 1. The standard InChI is InChI=1S/C20H25Cl2N3O2S/c1-12-6-8-25(9-7-12)11-18-13(2)23-20(28-18)24-19(26)14(3)27-17-5-4-15(21)10-16(17)22/h4-5,10,12,14H,6-9,11H2,1-3H3,(H,23,24,26). The normalized spacial score (nSPS) is 16.8. The summed E-state index contributed by atoms with van der Waals surface area (Å²) in [6, 6.07) is 4.91. The molecule has 3 rings (SSSR count). The SMILES string of the molecule is Cc1nc(NC(=O)C(C)Oc2ccc(Cl)cc2Cl)sc1CN1CCC(C)CC1. The topological polar surface area (TPSA) is 54.5 Å². The van der Waals surface area contributed by atoms with Crippen molar-refractivity contribution in [2.24, 2.45) is 5.92 Å². The Kier molecular flexibility index (Phi) is 7.20.